The van der Waals surface area contributed by atoms with Crippen molar-refractivity contribution < 1.29 is 31.8 Å². The standard InChI is InChI=1S/C37H50F4O3/c1-4-6-7-18-36-22-42-37(43-23-36,44-24-36)30-15-13-28(14-16-30)27(5-2)12-9-25(3)8-10-26-11-17-31(32(38)19-26)29-20-33(39)35(41)34(40)21-29/h11,17,19-21,25,27-28,30H,4-10,12-16,18,22-24H2,1-3H3. The second kappa shape index (κ2) is 14.6. The lowest BCUT2D eigenvalue weighted by Gasteiger charge is -2.55. The molecule has 0 N–H and O–H groups in total. The summed E-state index contributed by atoms with van der Waals surface area (Å²) in [5.41, 5.74) is 0.942. The van der Waals surface area contributed by atoms with Crippen LogP contribution in [-0.4, -0.2) is 25.8 Å². The molecular formula is C37H50F4O3. The van der Waals surface area contributed by atoms with E-state index in [1.54, 1.807) is 6.07 Å². The van der Waals surface area contributed by atoms with Gasteiger partial charge in [-0.3, -0.25) is 0 Å². The molecule has 2 unspecified atom stereocenters. The van der Waals surface area contributed by atoms with Gasteiger partial charge in [0.15, 0.2) is 17.5 Å². The van der Waals surface area contributed by atoms with Crippen LogP contribution in [0.1, 0.15) is 103 Å². The Bertz CT molecular complexity index is 1190. The summed E-state index contributed by atoms with van der Waals surface area (Å²) < 4.78 is 74.5. The van der Waals surface area contributed by atoms with Gasteiger partial charge in [0, 0.05) is 16.9 Å². The Labute approximate surface area is 261 Å². The van der Waals surface area contributed by atoms with Crippen molar-refractivity contribution in [1.29, 1.82) is 0 Å². The molecule has 0 aromatic heterocycles. The minimum absolute atomic E-state index is 0.0111. The average molecular weight is 619 g/mol. The van der Waals surface area contributed by atoms with E-state index in [1.807, 2.05) is 0 Å². The summed E-state index contributed by atoms with van der Waals surface area (Å²) >= 11 is 0. The highest BCUT2D eigenvalue weighted by Gasteiger charge is 2.56. The van der Waals surface area contributed by atoms with E-state index in [0.717, 1.165) is 76.0 Å². The van der Waals surface area contributed by atoms with Gasteiger partial charge in [-0.2, -0.15) is 0 Å². The Balaban J connectivity index is 1.05. The summed E-state index contributed by atoms with van der Waals surface area (Å²) in [4.78, 5) is 0. The van der Waals surface area contributed by atoms with Crippen molar-refractivity contribution in [1.82, 2.24) is 0 Å². The summed E-state index contributed by atoms with van der Waals surface area (Å²) in [6.45, 7) is 9.08. The Morgan fingerprint density at radius 2 is 1.45 bits per heavy atom. The molecule has 3 saturated heterocycles. The zero-order valence-corrected chi connectivity index (χ0v) is 26.7. The molecule has 4 aliphatic rings. The van der Waals surface area contributed by atoms with Gasteiger partial charge in [0.1, 0.15) is 5.82 Å². The largest absolute Gasteiger partial charge is 0.326 e. The highest BCUT2D eigenvalue weighted by atomic mass is 19.2. The number of rotatable bonds is 14. The summed E-state index contributed by atoms with van der Waals surface area (Å²) in [6, 6.07) is 6.40. The number of ether oxygens (including phenoxy) is 3. The molecule has 0 amide bonds. The normalized spacial score (nSPS) is 28.2. The molecule has 2 aromatic rings. The maximum Gasteiger partial charge on any atom is 0.285 e. The number of fused-ring (bicyclic) bond motifs is 3. The van der Waals surface area contributed by atoms with Crippen LogP contribution < -0.4 is 0 Å². The first kappa shape index (κ1) is 33.4. The summed E-state index contributed by atoms with van der Waals surface area (Å²) in [5.74, 6) is -3.37. The van der Waals surface area contributed by atoms with Crippen LogP contribution in [0.3, 0.4) is 0 Å². The highest BCUT2D eigenvalue weighted by molar-refractivity contribution is 5.64. The lowest BCUT2D eigenvalue weighted by molar-refractivity contribution is -0.488. The zero-order valence-electron chi connectivity index (χ0n) is 26.7. The molecule has 3 heterocycles. The van der Waals surface area contributed by atoms with Crippen LogP contribution in [0.2, 0.25) is 0 Å². The van der Waals surface area contributed by atoms with E-state index in [4.69, 9.17) is 14.2 Å². The van der Waals surface area contributed by atoms with Gasteiger partial charge in [-0.25, -0.2) is 17.6 Å². The lowest BCUT2D eigenvalue weighted by Crippen LogP contribution is -2.63. The second-order valence-corrected chi connectivity index (χ2v) is 14.0. The molecule has 2 aromatic carbocycles. The van der Waals surface area contributed by atoms with Gasteiger partial charge < -0.3 is 14.2 Å². The number of benzene rings is 2. The van der Waals surface area contributed by atoms with Crippen LogP contribution in [-0.2, 0) is 20.6 Å². The van der Waals surface area contributed by atoms with E-state index in [0.29, 0.717) is 23.7 Å². The molecule has 0 spiro atoms. The Hall–Kier alpha value is -1.96. The van der Waals surface area contributed by atoms with Gasteiger partial charge in [0.25, 0.3) is 5.97 Å². The Morgan fingerprint density at radius 3 is 2.05 bits per heavy atom. The van der Waals surface area contributed by atoms with Gasteiger partial charge in [-0.15, -0.1) is 0 Å². The second-order valence-electron chi connectivity index (χ2n) is 14.0. The quantitative estimate of drug-likeness (QED) is 0.120. The first-order valence-corrected chi connectivity index (χ1v) is 17.0. The third-order valence-electron chi connectivity index (χ3n) is 10.8. The Morgan fingerprint density at radius 1 is 0.795 bits per heavy atom. The molecule has 3 aliphatic heterocycles. The minimum atomic E-state index is -1.55. The minimum Gasteiger partial charge on any atom is -0.326 e. The fraction of sp³-hybridized carbons (Fsp3) is 0.676. The van der Waals surface area contributed by atoms with E-state index in [-0.39, 0.29) is 16.5 Å². The molecule has 7 heteroatoms. The van der Waals surface area contributed by atoms with Gasteiger partial charge in [-0.05, 0) is 98.4 Å². The van der Waals surface area contributed by atoms with Crippen molar-refractivity contribution in [2.45, 2.75) is 110 Å². The van der Waals surface area contributed by atoms with Crippen molar-refractivity contribution in [2.75, 3.05) is 19.8 Å². The topological polar surface area (TPSA) is 27.7 Å². The van der Waals surface area contributed by atoms with E-state index in [2.05, 4.69) is 20.8 Å². The number of unbranched alkanes of at least 4 members (excludes halogenated alkanes) is 2. The molecule has 44 heavy (non-hydrogen) atoms. The van der Waals surface area contributed by atoms with E-state index in [1.165, 1.54) is 57.1 Å². The molecule has 6 rings (SSSR count). The number of aryl methyl sites for hydroxylation is 1. The van der Waals surface area contributed by atoms with Crippen LogP contribution >= 0.6 is 0 Å². The third kappa shape index (κ3) is 7.53. The van der Waals surface area contributed by atoms with Gasteiger partial charge in [-0.1, -0.05) is 65.0 Å². The molecule has 3 nitrogen and oxygen atoms in total. The van der Waals surface area contributed by atoms with Crippen LogP contribution in [0.25, 0.3) is 11.1 Å². The third-order valence-corrected chi connectivity index (χ3v) is 10.8. The maximum atomic E-state index is 14.8. The molecule has 1 aliphatic carbocycles. The summed E-state index contributed by atoms with van der Waals surface area (Å²) in [6.07, 6.45) is 14.5. The van der Waals surface area contributed by atoms with Crippen molar-refractivity contribution in [3.63, 3.8) is 0 Å². The average Bonchev–Trinajstić information content (AvgIpc) is 3.04. The predicted octanol–water partition coefficient (Wildman–Crippen LogP) is 10.4. The van der Waals surface area contributed by atoms with E-state index in [9.17, 15) is 17.6 Å². The fourth-order valence-corrected chi connectivity index (χ4v) is 7.76. The van der Waals surface area contributed by atoms with Crippen LogP contribution in [0.5, 0.6) is 0 Å². The smallest absolute Gasteiger partial charge is 0.285 e. The van der Waals surface area contributed by atoms with Crippen molar-refractivity contribution in [3.8, 4) is 11.1 Å². The van der Waals surface area contributed by atoms with Crippen LogP contribution in [0.4, 0.5) is 17.6 Å². The van der Waals surface area contributed by atoms with Gasteiger partial charge in [0.05, 0.1) is 19.8 Å². The SMILES string of the molecule is CCCCCC12COC(C3CCC(C(CC)CCC(C)CCc4ccc(-c5cc(F)c(F)c(F)c5)c(F)c4)CC3)(OC1)OC2. The molecule has 1 saturated carbocycles. The van der Waals surface area contributed by atoms with Gasteiger partial charge >= 0.3 is 0 Å². The molecule has 4 fully saturated rings. The van der Waals surface area contributed by atoms with Crippen molar-refractivity contribution >= 4 is 0 Å². The Kier molecular flexibility index (Phi) is 11.1. The maximum absolute atomic E-state index is 14.8. The number of halogens is 4. The first-order valence-electron chi connectivity index (χ1n) is 17.0. The highest BCUT2D eigenvalue weighted by Crippen LogP contribution is 2.50. The molecule has 244 valence electrons. The molecular weight excluding hydrogens is 568 g/mol. The zero-order chi connectivity index (χ0) is 31.3. The molecule has 0 radical (unpaired) electrons. The van der Waals surface area contributed by atoms with E-state index < -0.39 is 29.2 Å². The molecule has 2 bridgehead atoms. The molecule has 2 atom stereocenters. The fourth-order valence-electron chi connectivity index (χ4n) is 7.76. The van der Waals surface area contributed by atoms with Crippen molar-refractivity contribution in [2.24, 2.45) is 29.1 Å². The lowest BCUT2D eigenvalue weighted by atomic mass is 9.71. The summed E-state index contributed by atoms with van der Waals surface area (Å²) in [7, 11) is 0. The number of hydrogen-bond donors (Lipinski definition) is 0. The number of hydrogen-bond acceptors (Lipinski definition) is 3. The summed E-state index contributed by atoms with van der Waals surface area (Å²) in [5, 5.41) is 0. The van der Waals surface area contributed by atoms with E-state index >= 15 is 0 Å². The predicted molar refractivity (Wildman–Crippen MR) is 165 cm³/mol. The van der Waals surface area contributed by atoms with Gasteiger partial charge in [0.2, 0.25) is 0 Å². The first-order chi connectivity index (χ1) is 21.2. The monoisotopic (exact) mass is 618 g/mol. The van der Waals surface area contributed by atoms with Crippen molar-refractivity contribution in [3.05, 3.63) is 59.2 Å². The van der Waals surface area contributed by atoms with Crippen LogP contribution in [0, 0.1) is 52.4 Å². The van der Waals surface area contributed by atoms with Crippen LogP contribution in [0.15, 0.2) is 30.3 Å².